The maximum Gasteiger partial charge on any atom is 0.325 e. The van der Waals surface area contributed by atoms with Crippen LogP contribution in [0.3, 0.4) is 0 Å². The Morgan fingerprint density at radius 3 is 2.10 bits per heavy atom. The first-order chi connectivity index (χ1) is 9.33. The number of aldehydes is 1. The first-order valence-corrected chi connectivity index (χ1v) is 5.40. The van der Waals surface area contributed by atoms with Crippen molar-refractivity contribution >= 4 is 6.29 Å². The molecular formula is C10H16N2O8. The Kier molecular flexibility index (Phi) is 8.27. The number of aliphatic hydroxyl groups excluding tert-OH is 5. The lowest BCUT2D eigenvalue weighted by molar-refractivity contribution is -0.136. The molecule has 20 heavy (non-hydrogen) atoms. The van der Waals surface area contributed by atoms with Crippen molar-refractivity contribution in [2.75, 3.05) is 6.61 Å². The Balaban J connectivity index is 0.000000388. The van der Waals surface area contributed by atoms with Crippen LogP contribution in [-0.4, -0.2) is 72.8 Å². The molecule has 0 fully saturated rings. The minimum Gasteiger partial charge on any atom is -0.394 e. The third-order valence-electron chi connectivity index (χ3n) is 2.11. The van der Waals surface area contributed by atoms with Crippen LogP contribution in [-0.2, 0) is 4.79 Å². The highest BCUT2D eigenvalue weighted by Crippen LogP contribution is 2.02. The van der Waals surface area contributed by atoms with Gasteiger partial charge in [-0.15, -0.1) is 0 Å². The van der Waals surface area contributed by atoms with E-state index in [1.165, 1.54) is 12.3 Å². The first kappa shape index (κ1) is 18.1. The van der Waals surface area contributed by atoms with E-state index in [1.807, 2.05) is 4.98 Å². The molecule has 10 heteroatoms. The highest BCUT2D eigenvalue weighted by atomic mass is 16.4. The van der Waals surface area contributed by atoms with E-state index < -0.39 is 36.7 Å². The van der Waals surface area contributed by atoms with Gasteiger partial charge in [0.1, 0.15) is 24.4 Å². The molecule has 0 aromatic carbocycles. The normalized spacial score (nSPS) is 16.2. The van der Waals surface area contributed by atoms with Gasteiger partial charge in [-0.2, -0.15) is 0 Å². The van der Waals surface area contributed by atoms with E-state index in [4.69, 9.17) is 25.5 Å². The molecule has 10 nitrogen and oxygen atoms in total. The van der Waals surface area contributed by atoms with Crippen molar-refractivity contribution in [1.29, 1.82) is 0 Å². The lowest BCUT2D eigenvalue weighted by atomic mass is 10.0. The van der Waals surface area contributed by atoms with Crippen LogP contribution in [0.1, 0.15) is 0 Å². The van der Waals surface area contributed by atoms with Gasteiger partial charge in [-0.05, 0) is 0 Å². The minimum atomic E-state index is -1.79. The van der Waals surface area contributed by atoms with E-state index in [0.29, 0.717) is 0 Å². The number of aromatic amines is 2. The fourth-order valence-corrected chi connectivity index (χ4v) is 1.00. The summed E-state index contributed by atoms with van der Waals surface area (Å²) in [5.74, 6) is 0. The second-order valence-corrected chi connectivity index (χ2v) is 3.65. The quantitative estimate of drug-likeness (QED) is 0.266. The molecule has 1 aromatic heterocycles. The van der Waals surface area contributed by atoms with Gasteiger partial charge < -0.3 is 35.3 Å². The van der Waals surface area contributed by atoms with Gasteiger partial charge in [0.05, 0.1) is 6.61 Å². The van der Waals surface area contributed by atoms with Crippen LogP contribution in [0.25, 0.3) is 0 Å². The maximum absolute atomic E-state index is 10.2. The van der Waals surface area contributed by atoms with Crippen molar-refractivity contribution < 1.29 is 30.3 Å². The summed E-state index contributed by atoms with van der Waals surface area (Å²) in [6.07, 6.45) is -5.55. The summed E-state index contributed by atoms with van der Waals surface area (Å²) in [5.41, 5.74) is -0.855. The van der Waals surface area contributed by atoms with Crippen LogP contribution in [0, 0.1) is 0 Å². The second kappa shape index (κ2) is 9.12. The van der Waals surface area contributed by atoms with Crippen molar-refractivity contribution in [2.24, 2.45) is 0 Å². The van der Waals surface area contributed by atoms with Crippen LogP contribution < -0.4 is 11.2 Å². The minimum absolute atomic E-state index is 0.0258. The third-order valence-corrected chi connectivity index (χ3v) is 2.11. The summed E-state index contributed by atoms with van der Waals surface area (Å²) in [5, 5.41) is 43.5. The smallest absolute Gasteiger partial charge is 0.325 e. The van der Waals surface area contributed by atoms with E-state index >= 15 is 0 Å². The third kappa shape index (κ3) is 6.36. The number of carbonyl (C=O) groups excluding carboxylic acids is 1. The molecule has 1 heterocycles. The monoisotopic (exact) mass is 292 g/mol. The Bertz CT molecular complexity index is 473. The highest BCUT2D eigenvalue weighted by molar-refractivity contribution is 5.56. The summed E-state index contributed by atoms with van der Waals surface area (Å²) >= 11 is 0. The summed E-state index contributed by atoms with van der Waals surface area (Å²) in [7, 11) is 0. The SMILES string of the molecule is O=C[C@H](O)[C@@H](O)[C@@H](O)[C@H](O)CO.O=c1cc[nH]c(=O)[nH]1. The van der Waals surface area contributed by atoms with Gasteiger partial charge in [0.2, 0.25) is 0 Å². The average Bonchev–Trinajstić information content (AvgIpc) is 2.44. The molecule has 0 aliphatic carbocycles. The van der Waals surface area contributed by atoms with Crippen LogP contribution in [0.5, 0.6) is 0 Å². The Labute approximate surface area is 112 Å². The van der Waals surface area contributed by atoms with Gasteiger partial charge in [0, 0.05) is 12.3 Å². The number of aromatic nitrogens is 2. The standard InChI is InChI=1S/C6H12O6.C4H4N2O2/c7-1-3(9)5(11)6(12)4(10)2-8;7-3-1-2-5-4(8)6-3/h1,3-6,8-12H,2H2;1-2H,(H2,5,6,7,8)/t3-,4+,5+,6-;/m0./s1. The van der Waals surface area contributed by atoms with Gasteiger partial charge in [0.25, 0.3) is 5.56 Å². The number of nitrogens with one attached hydrogen (secondary N) is 2. The van der Waals surface area contributed by atoms with Gasteiger partial charge in [-0.1, -0.05) is 0 Å². The summed E-state index contributed by atoms with van der Waals surface area (Å²) in [6.45, 7) is -0.760. The predicted molar refractivity (Wildman–Crippen MR) is 64.9 cm³/mol. The molecule has 0 aliphatic rings. The zero-order chi connectivity index (χ0) is 15.7. The zero-order valence-electron chi connectivity index (χ0n) is 10.2. The van der Waals surface area contributed by atoms with E-state index in [2.05, 4.69) is 4.98 Å². The van der Waals surface area contributed by atoms with Crippen LogP contribution in [0.4, 0.5) is 0 Å². The predicted octanol–water partition coefficient (Wildman–Crippen LogP) is -4.32. The fourth-order valence-electron chi connectivity index (χ4n) is 1.00. The topological polar surface area (TPSA) is 184 Å². The van der Waals surface area contributed by atoms with Crippen LogP contribution >= 0.6 is 0 Å². The molecule has 0 aliphatic heterocycles. The molecule has 1 aromatic rings. The largest absolute Gasteiger partial charge is 0.394 e. The number of carbonyl (C=O) groups is 1. The van der Waals surface area contributed by atoms with E-state index in [9.17, 15) is 14.4 Å². The molecule has 4 atom stereocenters. The van der Waals surface area contributed by atoms with Crippen molar-refractivity contribution in [3.8, 4) is 0 Å². The molecule has 0 saturated carbocycles. The van der Waals surface area contributed by atoms with E-state index in [0.717, 1.165) is 0 Å². The molecular weight excluding hydrogens is 276 g/mol. The van der Waals surface area contributed by atoms with E-state index in [-0.39, 0.29) is 11.8 Å². The van der Waals surface area contributed by atoms with Gasteiger partial charge in [-0.25, -0.2) is 4.79 Å². The summed E-state index contributed by atoms with van der Waals surface area (Å²) in [4.78, 5) is 34.6. The lowest BCUT2D eigenvalue weighted by Gasteiger charge is -2.22. The summed E-state index contributed by atoms with van der Waals surface area (Å²) < 4.78 is 0. The molecule has 7 N–H and O–H groups in total. The molecule has 0 amide bonds. The van der Waals surface area contributed by atoms with Crippen molar-refractivity contribution in [3.05, 3.63) is 33.1 Å². The fraction of sp³-hybridized carbons (Fsp3) is 0.500. The maximum atomic E-state index is 10.2. The Morgan fingerprint density at radius 1 is 1.15 bits per heavy atom. The van der Waals surface area contributed by atoms with Crippen molar-refractivity contribution in [1.82, 2.24) is 9.97 Å². The molecule has 0 saturated heterocycles. The number of H-pyrrole nitrogens is 2. The van der Waals surface area contributed by atoms with Gasteiger partial charge >= 0.3 is 5.69 Å². The van der Waals surface area contributed by atoms with Crippen LogP contribution in [0.15, 0.2) is 21.9 Å². The summed E-state index contributed by atoms with van der Waals surface area (Å²) in [6, 6.07) is 1.24. The molecule has 114 valence electrons. The van der Waals surface area contributed by atoms with Crippen molar-refractivity contribution in [2.45, 2.75) is 24.4 Å². The molecule has 0 unspecified atom stereocenters. The molecule has 0 radical (unpaired) electrons. The number of rotatable bonds is 5. The van der Waals surface area contributed by atoms with Crippen molar-refractivity contribution in [3.63, 3.8) is 0 Å². The van der Waals surface area contributed by atoms with E-state index in [1.54, 1.807) is 0 Å². The second-order valence-electron chi connectivity index (χ2n) is 3.65. The average molecular weight is 292 g/mol. The zero-order valence-corrected chi connectivity index (χ0v) is 10.2. The lowest BCUT2D eigenvalue weighted by Crippen LogP contribution is -2.46. The number of hydrogen-bond acceptors (Lipinski definition) is 8. The Hall–Kier alpha value is -1.85. The van der Waals surface area contributed by atoms with Gasteiger partial charge in [-0.3, -0.25) is 9.78 Å². The number of hydrogen-bond donors (Lipinski definition) is 7. The molecule has 0 bridgehead atoms. The Morgan fingerprint density at radius 2 is 1.75 bits per heavy atom. The number of aliphatic hydroxyl groups is 5. The molecule has 1 rings (SSSR count). The van der Waals surface area contributed by atoms with Crippen LogP contribution in [0.2, 0.25) is 0 Å². The molecule has 0 spiro atoms. The van der Waals surface area contributed by atoms with Gasteiger partial charge in [0.15, 0.2) is 6.29 Å². The first-order valence-electron chi connectivity index (χ1n) is 5.40. The highest BCUT2D eigenvalue weighted by Gasteiger charge is 2.29.